The number of hydrogen-bond acceptors (Lipinski definition) is 3. The van der Waals surface area contributed by atoms with Gasteiger partial charge in [0.05, 0.1) is 10.2 Å². The van der Waals surface area contributed by atoms with E-state index < -0.39 is 0 Å². The van der Waals surface area contributed by atoms with Crippen molar-refractivity contribution < 1.29 is 4.74 Å². The van der Waals surface area contributed by atoms with Crippen LogP contribution < -0.4 is 0 Å². The lowest BCUT2D eigenvalue weighted by molar-refractivity contribution is 0.185. The summed E-state index contributed by atoms with van der Waals surface area (Å²) in [6.07, 6.45) is 1.95. The van der Waals surface area contributed by atoms with E-state index >= 15 is 0 Å². The number of aryl methyl sites for hydroxylation is 1. The second-order valence-corrected chi connectivity index (χ2v) is 4.91. The van der Waals surface area contributed by atoms with E-state index in [0.717, 1.165) is 42.0 Å². The molecule has 1 aromatic rings. The second kappa shape index (κ2) is 4.76. The lowest BCUT2D eigenvalue weighted by Crippen LogP contribution is -2.08. The fourth-order valence-electron chi connectivity index (χ4n) is 1.67. The Morgan fingerprint density at radius 1 is 1.53 bits per heavy atom. The minimum Gasteiger partial charge on any atom is -0.381 e. The van der Waals surface area contributed by atoms with Gasteiger partial charge in [-0.05, 0) is 35.2 Å². The molecule has 0 saturated carbocycles. The molecule has 0 bridgehead atoms. The Kier molecular flexibility index (Phi) is 3.59. The van der Waals surface area contributed by atoms with Gasteiger partial charge in [-0.25, -0.2) is 9.97 Å². The van der Waals surface area contributed by atoms with Crippen LogP contribution in [-0.4, -0.2) is 23.2 Å². The number of rotatable bonds is 2. The molecule has 0 amide bonds. The predicted molar refractivity (Wildman–Crippen MR) is 62.1 cm³/mol. The number of ether oxygens (including phenoxy) is 1. The standard InChI is InChI=1S/C10H12BrClN2O/c1-6-9(11)10(12)14-8(13-6)4-7-2-3-15-5-7/h7H,2-5H2,1H3. The highest BCUT2D eigenvalue weighted by Gasteiger charge is 2.18. The third-order valence-corrected chi connectivity index (χ3v) is 3.97. The molecule has 0 aromatic carbocycles. The fraction of sp³-hybridized carbons (Fsp3) is 0.600. The van der Waals surface area contributed by atoms with Gasteiger partial charge in [-0.1, -0.05) is 11.6 Å². The molecule has 2 rings (SSSR count). The topological polar surface area (TPSA) is 35.0 Å². The molecule has 1 atom stereocenters. The molecular weight excluding hydrogens is 279 g/mol. The average molecular weight is 292 g/mol. The SMILES string of the molecule is Cc1nc(CC2CCOC2)nc(Cl)c1Br. The third-order valence-electron chi connectivity index (χ3n) is 2.52. The van der Waals surface area contributed by atoms with Crippen molar-refractivity contribution in [3.05, 3.63) is 21.1 Å². The van der Waals surface area contributed by atoms with Gasteiger partial charge in [-0.2, -0.15) is 0 Å². The van der Waals surface area contributed by atoms with E-state index in [1.807, 2.05) is 6.92 Å². The summed E-state index contributed by atoms with van der Waals surface area (Å²) in [6, 6.07) is 0. The summed E-state index contributed by atoms with van der Waals surface area (Å²) < 4.78 is 6.10. The van der Waals surface area contributed by atoms with Crippen molar-refractivity contribution in [1.29, 1.82) is 0 Å². The number of halogens is 2. The molecule has 1 aliphatic heterocycles. The van der Waals surface area contributed by atoms with E-state index in [9.17, 15) is 0 Å². The van der Waals surface area contributed by atoms with E-state index in [1.54, 1.807) is 0 Å². The largest absolute Gasteiger partial charge is 0.381 e. The first-order valence-electron chi connectivity index (χ1n) is 4.93. The fourth-order valence-corrected chi connectivity index (χ4v) is 2.08. The Balaban J connectivity index is 2.14. The maximum absolute atomic E-state index is 5.98. The summed E-state index contributed by atoms with van der Waals surface area (Å²) in [7, 11) is 0. The Morgan fingerprint density at radius 2 is 2.33 bits per heavy atom. The first-order valence-corrected chi connectivity index (χ1v) is 6.10. The molecule has 0 N–H and O–H groups in total. The van der Waals surface area contributed by atoms with Crippen LogP contribution in [0.5, 0.6) is 0 Å². The zero-order valence-electron chi connectivity index (χ0n) is 8.46. The van der Waals surface area contributed by atoms with Crippen LogP contribution in [-0.2, 0) is 11.2 Å². The smallest absolute Gasteiger partial charge is 0.147 e. The Hall–Kier alpha value is -0.190. The molecule has 0 spiro atoms. The highest BCUT2D eigenvalue weighted by atomic mass is 79.9. The minimum atomic E-state index is 0.497. The predicted octanol–water partition coefficient (Wildman–Crippen LogP) is 2.78. The summed E-state index contributed by atoms with van der Waals surface area (Å²) in [4.78, 5) is 8.65. The van der Waals surface area contributed by atoms with Gasteiger partial charge in [0, 0.05) is 19.6 Å². The number of aromatic nitrogens is 2. The highest BCUT2D eigenvalue weighted by Crippen LogP contribution is 2.24. The van der Waals surface area contributed by atoms with Crippen molar-refractivity contribution in [3.8, 4) is 0 Å². The zero-order chi connectivity index (χ0) is 10.8. The number of hydrogen-bond donors (Lipinski definition) is 0. The summed E-state index contributed by atoms with van der Waals surface area (Å²) in [5.74, 6) is 1.36. The molecule has 0 radical (unpaired) electrons. The van der Waals surface area contributed by atoms with Gasteiger partial charge in [0.15, 0.2) is 0 Å². The normalized spacial score (nSPS) is 20.9. The molecule has 0 aliphatic carbocycles. The Labute approximate surface area is 102 Å². The van der Waals surface area contributed by atoms with Gasteiger partial charge in [-0.3, -0.25) is 0 Å². The molecule has 82 valence electrons. The van der Waals surface area contributed by atoms with E-state index in [4.69, 9.17) is 16.3 Å². The van der Waals surface area contributed by atoms with E-state index in [-0.39, 0.29) is 0 Å². The molecule has 1 unspecified atom stereocenters. The molecule has 2 heterocycles. The molecule has 3 nitrogen and oxygen atoms in total. The van der Waals surface area contributed by atoms with Gasteiger partial charge in [-0.15, -0.1) is 0 Å². The quantitative estimate of drug-likeness (QED) is 0.786. The van der Waals surface area contributed by atoms with Crippen molar-refractivity contribution in [1.82, 2.24) is 9.97 Å². The van der Waals surface area contributed by atoms with Gasteiger partial charge in [0.1, 0.15) is 11.0 Å². The van der Waals surface area contributed by atoms with Gasteiger partial charge in [0.25, 0.3) is 0 Å². The molecule has 1 aromatic heterocycles. The van der Waals surface area contributed by atoms with Gasteiger partial charge >= 0.3 is 0 Å². The van der Waals surface area contributed by atoms with Crippen LogP contribution in [0.25, 0.3) is 0 Å². The minimum absolute atomic E-state index is 0.497. The Morgan fingerprint density at radius 3 is 2.93 bits per heavy atom. The van der Waals surface area contributed by atoms with Gasteiger partial charge < -0.3 is 4.74 Å². The van der Waals surface area contributed by atoms with Crippen molar-refractivity contribution in [2.45, 2.75) is 19.8 Å². The van der Waals surface area contributed by atoms with E-state index in [1.165, 1.54) is 0 Å². The first-order chi connectivity index (χ1) is 7.16. The molecule has 1 aliphatic rings. The maximum Gasteiger partial charge on any atom is 0.147 e. The molecule has 1 saturated heterocycles. The average Bonchev–Trinajstić information content (AvgIpc) is 2.66. The van der Waals surface area contributed by atoms with E-state index in [2.05, 4.69) is 25.9 Å². The summed E-state index contributed by atoms with van der Waals surface area (Å²) in [6.45, 7) is 3.59. The lowest BCUT2D eigenvalue weighted by Gasteiger charge is -2.08. The highest BCUT2D eigenvalue weighted by molar-refractivity contribution is 9.10. The Bertz CT molecular complexity index is 343. The van der Waals surface area contributed by atoms with Crippen LogP contribution in [0.1, 0.15) is 17.9 Å². The van der Waals surface area contributed by atoms with Gasteiger partial charge in [0.2, 0.25) is 0 Å². The van der Waals surface area contributed by atoms with Crippen molar-refractivity contribution >= 4 is 27.5 Å². The summed E-state index contributed by atoms with van der Waals surface area (Å²) >= 11 is 9.32. The number of nitrogens with zero attached hydrogens (tertiary/aromatic N) is 2. The maximum atomic E-state index is 5.98. The monoisotopic (exact) mass is 290 g/mol. The van der Waals surface area contributed by atoms with Crippen molar-refractivity contribution in [2.75, 3.05) is 13.2 Å². The van der Waals surface area contributed by atoms with Crippen LogP contribution >= 0.6 is 27.5 Å². The second-order valence-electron chi connectivity index (χ2n) is 3.76. The van der Waals surface area contributed by atoms with Crippen LogP contribution in [0.15, 0.2) is 4.47 Å². The zero-order valence-corrected chi connectivity index (χ0v) is 10.8. The molecular formula is C10H12BrClN2O. The van der Waals surface area contributed by atoms with E-state index in [0.29, 0.717) is 11.1 Å². The third kappa shape index (κ3) is 2.68. The summed E-state index contributed by atoms with van der Waals surface area (Å²) in [5.41, 5.74) is 0.893. The lowest BCUT2D eigenvalue weighted by atomic mass is 10.1. The van der Waals surface area contributed by atoms with Crippen LogP contribution in [0.3, 0.4) is 0 Å². The molecule has 15 heavy (non-hydrogen) atoms. The van der Waals surface area contributed by atoms with Crippen molar-refractivity contribution in [3.63, 3.8) is 0 Å². The molecule has 5 heteroatoms. The van der Waals surface area contributed by atoms with Crippen LogP contribution in [0.2, 0.25) is 5.15 Å². The summed E-state index contributed by atoms with van der Waals surface area (Å²) in [5, 5.41) is 0.497. The van der Waals surface area contributed by atoms with Crippen LogP contribution in [0.4, 0.5) is 0 Å². The van der Waals surface area contributed by atoms with Crippen LogP contribution in [0, 0.1) is 12.8 Å². The van der Waals surface area contributed by atoms with Crippen molar-refractivity contribution in [2.24, 2.45) is 5.92 Å². The molecule has 1 fully saturated rings. The first kappa shape index (κ1) is 11.3.